The largest absolute Gasteiger partial charge is 0.484 e. The fraction of sp³-hybridized carbons (Fsp3) is 0.286. The molecule has 1 aromatic carbocycles. The van der Waals surface area contributed by atoms with Crippen LogP contribution in [0.4, 0.5) is 0 Å². The summed E-state index contributed by atoms with van der Waals surface area (Å²) in [5.41, 5.74) is 0.834. The summed E-state index contributed by atoms with van der Waals surface area (Å²) >= 11 is 3.33. The molecule has 0 saturated heterocycles. The van der Waals surface area contributed by atoms with Crippen molar-refractivity contribution in [2.45, 2.75) is 20.4 Å². The first-order chi connectivity index (χ1) is 9.54. The average molecular weight is 339 g/mol. The van der Waals surface area contributed by atoms with Crippen LogP contribution in [0.25, 0.3) is 0 Å². The Kier molecular flexibility index (Phi) is 4.79. The van der Waals surface area contributed by atoms with Gasteiger partial charge in [0.25, 0.3) is 5.91 Å². The number of halogens is 1. The molecule has 0 aliphatic carbocycles. The van der Waals surface area contributed by atoms with E-state index in [9.17, 15) is 4.79 Å². The molecule has 0 saturated carbocycles. The monoisotopic (exact) mass is 338 g/mol. The number of oxazole rings is 1. The smallest absolute Gasteiger partial charge is 0.258 e. The van der Waals surface area contributed by atoms with Crippen LogP contribution in [0, 0.1) is 13.8 Å². The molecule has 1 heterocycles. The molecule has 0 bridgehead atoms. The van der Waals surface area contributed by atoms with E-state index in [4.69, 9.17) is 9.15 Å². The van der Waals surface area contributed by atoms with Gasteiger partial charge < -0.3 is 14.5 Å². The Morgan fingerprint density at radius 2 is 2.05 bits per heavy atom. The summed E-state index contributed by atoms with van der Waals surface area (Å²) in [5.74, 6) is 1.69. The molecule has 1 N–H and O–H groups in total. The first-order valence-electron chi connectivity index (χ1n) is 6.12. The number of benzene rings is 1. The minimum Gasteiger partial charge on any atom is -0.484 e. The lowest BCUT2D eigenvalue weighted by Gasteiger charge is -2.06. The molecule has 2 rings (SSSR count). The maximum absolute atomic E-state index is 11.6. The molecule has 106 valence electrons. The van der Waals surface area contributed by atoms with Crippen molar-refractivity contribution < 1.29 is 13.9 Å². The number of nitrogens with zero attached hydrogens (tertiary/aromatic N) is 1. The van der Waals surface area contributed by atoms with Crippen LogP contribution in [-0.4, -0.2) is 17.5 Å². The minimum absolute atomic E-state index is 0.0414. The number of aromatic nitrogens is 1. The zero-order chi connectivity index (χ0) is 14.5. The van der Waals surface area contributed by atoms with Crippen molar-refractivity contribution >= 4 is 21.8 Å². The Morgan fingerprint density at radius 1 is 1.35 bits per heavy atom. The number of aryl methyl sites for hydroxylation is 2. The fourth-order valence-electron chi connectivity index (χ4n) is 1.52. The lowest BCUT2D eigenvalue weighted by atomic mass is 10.3. The third-order valence-electron chi connectivity index (χ3n) is 2.69. The molecule has 1 amide bonds. The summed E-state index contributed by atoms with van der Waals surface area (Å²) in [5, 5.41) is 2.69. The maximum atomic E-state index is 11.6. The average Bonchev–Trinajstić information content (AvgIpc) is 2.75. The van der Waals surface area contributed by atoms with Crippen LogP contribution in [0.2, 0.25) is 0 Å². The van der Waals surface area contributed by atoms with Gasteiger partial charge in [-0.2, -0.15) is 0 Å². The lowest BCUT2D eigenvalue weighted by molar-refractivity contribution is -0.123. The molecule has 20 heavy (non-hydrogen) atoms. The summed E-state index contributed by atoms with van der Waals surface area (Å²) in [6, 6.07) is 7.29. The van der Waals surface area contributed by atoms with Crippen molar-refractivity contribution in [3.63, 3.8) is 0 Å². The number of amides is 1. The van der Waals surface area contributed by atoms with Crippen LogP contribution >= 0.6 is 15.9 Å². The van der Waals surface area contributed by atoms with Crippen LogP contribution < -0.4 is 10.1 Å². The van der Waals surface area contributed by atoms with Gasteiger partial charge in [-0.1, -0.05) is 15.9 Å². The SMILES string of the molecule is Cc1nc(CNC(=O)COc2ccc(Br)cc2)oc1C. The van der Waals surface area contributed by atoms with Crippen LogP contribution in [-0.2, 0) is 11.3 Å². The second kappa shape index (κ2) is 6.56. The van der Waals surface area contributed by atoms with E-state index in [0.717, 1.165) is 15.9 Å². The van der Waals surface area contributed by atoms with Crippen molar-refractivity contribution in [1.29, 1.82) is 0 Å². The van der Waals surface area contributed by atoms with Crippen molar-refractivity contribution in [2.24, 2.45) is 0 Å². The van der Waals surface area contributed by atoms with Gasteiger partial charge in [0.1, 0.15) is 11.5 Å². The van der Waals surface area contributed by atoms with E-state index in [2.05, 4.69) is 26.2 Å². The number of carbonyl (C=O) groups excluding carboxylic acids is 1. The Bertz CT molecular complexity index is 573. The topological polar surface area (TPSA) is 64.4 Å². The van der Waals surface area contributed by atoms with Gasteiger partial charge in [-0.15, -0.1) is 0 Å². The van der Waals surface area contributed by atoms with E-state index in [-0.39, 0.29) is 19.1 Å². The molecule has 0 radical (unpaired) electrons. The first-order valence-corrected chi connectivity index (χ1v) is 6.92. The molecule has 0 fully saturated rings. The van der Waals surface area contributed by atoms with Crippen molar-refractivity contribution in [3.8, 4) is 5.75 Å². The minimum atomic E-state index is -0.221. The second-order valence-electron chi connectivity index (χ2n) is 4.27. The maximum Gasteiger partial charge on any atom is 0.258 e. The van der Waals surface area contributed by atoms with Crippen LogP contribution in [0.5, 0.6) is 5.75 Å². The molecular weight excluding hydrogens is 324 g/mol. The summed E-state index contributed by atoms with van der Waals surface area (Å²) in [6.45, 7) is 3.92. The van der Waals surface area contributed by atoms with Crippen LogP contribution in [0.15, 0.2) is 33.2 Å². The third-order valence-corrected chi connectivity index (χ3v) is 3.22. The molecule has 1 aromatic heterocycles. The molecule has 6 heteroatoms. The number of hydrogen-bond donors (Lipinski definition) is 1. The molecule has 0 atom stereocenters. The zero-order valence-corrected chi connectivity index (χ0v) is 12.9. The zero-order valence-electron chi connectivity index (χ0n) is 11.3. The third kappa shape index (κ3) is 4.09. The van der Waals surface area contributed by atoms with Crippen molar-refractivity contribution in [1.82, 2.24) is 10.3 Å². The fourth-order valence-corrected chi connectivity index (χ4v) is 1.78. The van der Waals surface area contributed by atoms with Gasteiger partial charge in [0.2, 0.25) is 5.89 Å². The second-order valence-corrected chi connectivity index (χ2v) is 5.18. The van der Waals surface area contributed by atoms with Gasteiger partial charge in [0.15, 0.2) is 6.61 Å². The molecule has 0 aliphatic rings. The van der Waals surface area contributed by atoms with Gasteiger partial charge in [0.05, 0.1) is 12.2 Å². The van der Waals surface area contributed by atoms with E-state index < -0.39 is 0 Å². The molecule has 0 aliphatic heterocycles. The van der Waals surface area contributed by atoms with Gasteiger partial charge in [0, 0.05) is 4.47 Å². The molecule has 2 aromatic rings. The van der Waals surface area contributed by atoms with E-state index in [1.165, 1.54) is 0 Å². The Balaban J connectivity index is 1.76. The van der Waals surface area contributed by atoms with E-state index in [1.807, 2.05) is 26.0 Å². The summed E-state index contributed by atoms with van der Waals surface area (Å²) < 4.78 is 11.7. The number of ether oxygens (including phenoxy) is 1. The molecule has 5 nitrogen and oxygen atoms in total. The van der Waals surface area contributed by atoms with Crippen molar-refractivity contribution in [2.75, 3.05) is 6.61 Å². The van der Waals surface area contributed by atoms with Crippen LogP contribution in [0.3, 0.4) is 0 Å². The molecular formula is C14H15BrN2O3. The highest BCUT2D eigenvalue weighted by Gasteiger charge is 2.08. The Morgan fingerprint density at radius 3 is 2.65 bits per heavy atom. The predicted molar refractivity (Wildman–Crippen MR) is 77.5 cm³/mol. The van der Waals surface area contributed by atoms with Gasteiger partial charge >= 0.3 is 0 Å². The predicted octanol–water partition coefficient (Wildman–Crippen LogP) is 2.75. The van der Waals surface area contributed by atoms with Crippen molar-refractivity contribution in [3.05, 3.63) is 46.1 Å². The lowest BCUT2D eigenvalue weighted by Crippen LogP contribution is -2.28. The Hall–Kier alpha value is -1.82. The summed E-state index contributed by atoms with van der Waals surface area (Å²) in [7, 11) is 0. The highest BCUT2D eigenvalue weighted by molar-refractivity contribution is 9.10. The summed E-state index contributed by atoms with van der Waals surface area (Å²) in [4.78, 5) is 15.8. The van der Waals surface area contributed by atoms with Gasteiger partial charge in [-0.3, -0.25) is 4.79 Å². The molecule has 0 unspecified atom stereocenters. The summed E-state index contributed by atoms with van der Waals surface area (Å²) in [6.07, 6.45) is 0. The van der Waals surface area contributed by atoms with Crippen LogP contribution in [0.1, 0.15) is 17.3 Å². The van der Waals surface area contributed by atoms with Gasteiger partial charge in [-0.25, -0.2) is 4.98 Å². The first kappa shape index (κ1) is 14.6. The Labute approximate surface area is 125 Å². The van der Waals surface area contributed by atoms with Gasteiger partial charge in [-0.05, 0) is 38.1 Å². The molecule has 0 spiro atoms. The highest BCUT2D eigenvalue weighted by Crippen LogP contribution is 2.15. The number of rotatable bonds is 5. The normalized spacial score (nSPS) is 10.3. The highest BCUT2D eigenvalue weighted by atomic mass is 79.9. The quantitative estimate of drug-likeness (QED) is 0.910. The van der Waals surface area contributed by atoms with E-state index in [1.54, 1.807) is 12.1 Å². The van der Waals surface area contributed by atoms with E-state index >= 15 is 0 Å². The number of nitrogens with one attached hydrogen (secondary N) is 1. The number of hydrogen-bond acceptors (Lipinski definition) is 4. The number of carbonyl (C=O) groups is 1. The standard InChI is InChI=1S/C14H15BrN2O3/c1-9-10(2)20-14(17-9)7-16-13(18)8-19-12-5-3-11(15)4-6-12/h3-6H,7-8H2,1-2H3,(H,16,18). The van der Waals surface area contributed by atoms with E-state index in [0.29, 0.717) is 11.6 Å².